The first-order valence-electron chi connectivity index (χ1n) is 9.16. The number of carbonyl (C=O) groups excluding carboxylic acids is 1. The van der Waals surface area contributed by atoms with Gasteiger partial charge in [-0.05, 0) is 60.7 Å². The molecule has 1 aliphatic heterocycles. The molecule has 1 saturated heterocycles. The van der Waals surface area contributed by atoms with Gasteiger partial charge in [-0.3, -0.25) is 4.79 Å². The predicted octanol–water partition coefficient (Wildman–Crippen LogP) is 2.26. The summed E-state index contributed by atoms with van der Waals surface area (Å²) in [5.41, 5.74) is 1.40. The molecule has 2 aliphatic rings. The standard InChI is InChI=1S/C18H24N6O2.ClH/c1-11-21-22-23-24(11)16-10-13(7-8-17(16)26-2)19-18(25)15-9-12-5-3-4-6-14(12)20-15;/h7-8,10,12,14-15,20H,3-6,9H2,1-2H3,(H,19,25);1H. The number of benzene rings is 1. The van der Waals surface area contributed by atoms with Gasteiger partial charge in [-0.1, -0.05) is 12.8 Å². The Morgan fingerprint density at radius 1 is 1.33 bits per heavy atom. The number of nitrogens with one attached hydrogen (secondary N) is 2. The normalized spacial score (nSPS) is 24.0. The number of anilines is 1. The molecule has 9 heteroatoms. The second kappa shape index (κ2) is 8.22. The van der Waals surface area contributed by atoms with Gasteiger partial charge in [-0.15, -0.1) is 17.5 Å². The first kappa shape index (κ1) is 19.6. The number of aryl methyl sites for hydroxylation is 1. The molecule has 3 atom stereocenters. The molecular weight excluding hydrogens is 368 g/mol. The number of halogens is 1. The molecule has 0 spiro atoms. The number of nitrogens with zero attached hydrogens (tertiary/aromatic N) is 4. The zero-order chi connectivity index (χ0) is 18.1. The Bertz CT molecular complexity index is 797. The number of carbonyl (C=O) groups is 1. The second-order valence-corrected chi connectivity index (χ2v) is 7.12. The largest absolute Gasteiger partial charge is 0.494 e. The molecule has 27 heavy (non-hydrogen) atoms. The van der Waals surface area contributed by atoms with Crippen molar-refractivity contribution in [3.63, 3.8) is 0 Å². The van der Waals surface area contributed by atoms with Crippen molar-refractivity contribution in [2.24, 2.45) is 5.92 Å². The number of amides is 1. The highest BCUT2D eigenvalue weighted by Gasteiger charge is 2.38. The van der Waals surface area contributed by atoms with Gasteiger partial charge in [-0.2, -0.15) is 4.68 Å². The molecule has 0 bridgehead atoms. The molecule has 1 aromatic heterocycles. The summed E-state index contributed by atoms with van der Waals surface area (Å²) in [6, 6.07) is 5.86. The van der Waals surface area contributed by atoms with E-state index in [1.165, 1.54) is 25.7 Å². The molecule has 0 radical (unpaired) electrons. The number of fused-ring (bicyclic) bond motifs is 1. The molecule has 2 fully saturated rings. The van der Waals surface area contributed by atoms with Crippen LogP contribution in [0.2, 0.25) is 0 Å². The van der Waals surface area contributed by atoms with Gasteiger partial charge in [0.25, 0.3) is 0 Å². The molecule has 2 aromatic rings. The SMILES string of the molecule is COc1ccc(NC(=O)C2CC3CCCCC3N2)cc1-n1nnnc1C.Cl. The third-order valence-electron chi connectivity index (χ3n) is 5.48. The van der Waals surface area contributed by atoms with Crippen LogP contribution in [0.25, 0.3) is 5.69 Å². The van der Waals surface area contributed by atoms with Crippen molar-refractivity contribution in [2.75, 3.05) is 12.4 Å². The van der Waals surface area contributed by atoms with Crippen molar-refractivity contribution >= 4 is 24.0 Å². The average Bonchev–Trinajstić information content (AvgIpc) is 3.27. The lowest BCUT2D eigenvalue weighted by Crippen LogP contribution is -2.39. The van der Waals surface area contributed by atoms with E-state index in [0.29, 0.717) is 34.9 Å². The molecule has 1 amide bonds. The predicted molar refractivity (Wildman–Crippen MR) is 104 cm³/mol. The molecule has 1 saturated carbocycles. The summed E-state index contributed by atoms with van der Waals surface area (Å²) in [7, 11) is 1.60. The summed E-state index contributed by atoms with van der Waals surface area (Å²) in [5.74, 6) is 1.94. The zero-order valence-corrected chi connectivity index (χ0v) is 16.3. The molecule has 1 aromatic carbocycles. The van der Waals surface area contributed by atoms with E-state index < -0.39 is 0 Å². The van der Waals surface area contributed by atoms with Crippen LogP contribution in [0.15, 0.2) is 18.2 Å². The topological polar surface area (TPSA) is 94.0 Å². The molecule has 146 valence electrons. The Labute approximate surface area is 164 Å². The second-order valence-electron chi connectivity index (χ2n) is 7.12. The van der Waals surface area contributed by atoms with E-state index in [1.54, 1.807) is 11.8 Å². The molecule has 3 unspecified atom stereocenters. The number of hydrogen-bond donors (Lipinski definition) is 2. The highest BCUT2D eigenvalue weighted by Crippen LogP contribution is 2.34. The lowest BCUT2D eigenvalue weighted by Gasteiger charge is -2.24. The van der Waals surface area contributed by atoms with Gasteiger partial charge in [0.1, 0.15) is 11.4 Å². The van der Waals surface area contributed by atoms with E-state index in [0.717, 1.165) is 6.42 Å². The van der Waals surface area contributed by atoms with Crippen LogP contribution in [0.1, 0.15) is 37.9 Å². The van der Waals surface area contributed by atoms with Crippen molar-refractivity contribution in [1.82, 2.24) is 25.5 Å². The molecule has 4 rings (SSSR count). The number of tetrazole rings is 1. The molecule has 2 N–H and O–H groups in total. The van der Waals surface area contributed by atoms with Crippen LogP contribution in [0, 0.1) is 12.8 Å². The van der Waals surface area contributed by atoms with E-state index in [-0.39, 0.29) is 24.4 Å². The van der Waals surface area contributed by atoms with Crippen molar-refractivity contribution in [3.8, 4) is 11.4 Å². The molecular formula is C18H25ClN6O2. The number of rotatable bonds is 4. The monoisotopic (exact) mass is 392 g/mol. The number of ether oxygens (including phenoxy) is 1. The fourth-order valence-corrected chi connectivity index (χ4v) is 4.14. The van der Waals surface area contributed by atoms with E-state index in [9.17, 15) is 4.79 Å². The quantitative estimate of drug-likeness (QED) is 0.828. The molecule has 8 nitrogen and oxygen atoms in total. The summed E-state index contributed by atoms with van der Waals surface area (Å²) in [6.07, 6.45) is 5.87. The van der Waals surface area contributed by atoms with Gasteiger partial charge in [-0.25, -0.2) is 0 Å². The Morgan fingerprint density at radius 2 is 2.15 bits per heavy atom. The first-order chi connectivity index (χ1) is 12.7. The number of aromatic nitrogens is 4. The van der Waals surface area contributed by atoms with Crippen molar-refractivity contribution in [1.29, 1.82) is 0 Å². The minimum absolute atomic E-state index is 0. The lowest BCUT2D eigenvalue weighted by atomic mass is 9.85. The minimum Gasteiger partial charge on any atom is -0.494 e. The van der Waals surface area contributed by atoms with Crippen LogP contribution in [0.4, 0.5) is 5.69 Å². The minimum atomic E-state index is -0.122. The van der Waals surface area contributed by atoms with E-state index in [4.69, 9.17) is 4.74 Å². The van der Waals surface area contributed by atoms with Crippen LogP contribution in [-0.4, -0.2) is 45.3 Å². The maximum Gasteiger partial charge on any atom is 0.241 e. The number of hydrogen-bond acceptors (Lipinski definition) is 6. The van der Waals surface area contributed by atoms with Gasteiger partial charge in [0.15, 0.2) is 5.82 Å². The fourth-order valence-electron chi connectivity index (χ4n) is 4.14. The van der Waals surface area contributed by atoms with Gasteiger partial charge < -0.3 is 15.4 Å². The van der Waals surface area contributed by atoms with Gasteiger partial charge in [0, 0.05) is 11.7 Å². The highest BCUT2D eigenvalue weighted by atomic mass is 35.5. The fraction of sp³-hybridized carbons (Fsp3) is 0.556. The third-order valence-corrected chi connectivity index (χ3v) is 5.48. The van der Waals surface area contributed by atoms with Crippen molar-refractivity contribution in [3.05, 3.63) is 24.0 Å². The molecule has 1 aliphatic carbocycles. The smallest absolute Gasteiger partial charge is 0.241 e. The van der Waals surface area contributed by atoms with Crippen LogP contribution in [-0.2, 0) is 4.79 Å². The maximum atomic E-state index is 12.7. The van der Waals surface area contributed by atoms with E-state index in [2.05, 4.69) is 26.2 Å². The summed E-state index contributed by atoms with van der Waals surface area (Å²) in [5, 5.41) is 18.1. The van der Waals surface area contributed by atoms with Crippen molar-refractivity contribution < 1.29 is 9.53 Å². The summed E-state index contributed by atoms with van der Waals surface area (Å²) < 4.78 is 7.00. The van der Waals surface area contributed by atoms with Gasteiger partial charge in [0.2, 0.25) is 5.91 Å². The Morgan fingerprint density at radius 3 is 2.85 bits per heavy atom. The van der Waals surface area contributed by atoms with E-state index >= 15 is 0 Å². The Balaban J connectivity index is 0.00000210. The lowest BCUT2D eigenvalue weighted by molar-refractivity contribution is -0.117. The maximum absolute atomic E-state index is 12.7. The van der Waals surface area contributed by atoms with Gasteiger partial charge in [0.05, 0.1) is 13.2 Å². The Kier molecular flexibility index (Phi) is 5.96. The van der Waals surface area contributed by atoms with Crippen LogP contribution in [0.3, 0.4) is 0 Å². The zero-order valence-electron chi connectivity index (χ0n) is 15.5. The first-order valence-corrected chi connectivity index (χ1v) is 9.16. The summed E-state index contributed by atoms with van der Waals surface area (Å²) in [6.45, 7) is 1.81. The summed E-state index contributed by atoms with van der Waals surface area (Å²) in [4.78, 5) is 12.7. The van der Waals surface area contributed by atoms with Crippen molar-refractivity contribution in [2.45, 2.75) is 51.1 Å². The van der Waals surface area contributed by atoms with Crippen LogP contribution >= 0.6 is 12.4 Å². The van der Waals surface area contributed by atoms with Gasteiger partial charge >= 0.3 is 0 Å². The third kappa shape index (κ3) is 3.91. The Hall–Kier alpha value is -2.19. The van der Waals surface area contributed by atoms with Crippen LogP contribution in [0.5, 0.6) is 5.75 Å². The molecule has 2 heterocycles. The highest BCUT2D eigenvalue weighted by molar-refractivity contribution is 5.95. The summed E-state index contributed by atoms with van der Waals surface area (Å²) >= 11 is 0. The average molecular weight is 393 g/mol. The van der Waals surface area contributed by atoms with Crippen LogP contribution < -0.4 is 15.4 Å². The number of methoxy groups -OCH3 is 1. The van der Waals surface area contributed by atoms with E-state index in [1.807, 2.05) is 25.1 Å².